The van der Waals surface area contributed by atoms with E-state index in [1.165, 1.54) is 22.8 Å². The topological polar surface area (TPSA) is 88.5 Å². The molecule has 0 aliphatic carbocycles. The predicted octanol–water partition coefficient (Wildman–Crippen LogP) is 4.09. The van der Waals surface area contributed by atoms with Gasteiger partial charge in [0.25, 0.3) is 0 Å². The fraction of sp³-hybridized carbons (Fsp3) is 0.263. The lowest BCUT2D eigenvalue weighted by atomic mass is 10.1. The first kappa shape index (κ1) is 22.6. The van der Waals surface area contributed by atoms with E-state index in [0.29, 0.717) is 5.69 Å². The maximum atomic E-state index is 13.0. The van der Waals surface area contributed by atoms with E-state index in [4.69, 9.17) is 23.2 Å². The van der Waals surface area contributed by atoms with Crippen molar-refractivity contribution in [3.05, 3.63) is 56.1 Å². The molecule has 11 heteroatoms. The molecule has 1 aromatic heterocycles. The van der Waals surface area contributed by atoms with Gasteiger partial charge in [-0.2, -0.15) is 0 Å². The fourth-order valence-corrected chi connectivity index (χ4v) is 5.53. The zero-order chi connectivity index (χ0) is 22.2. The molecule has 0 bridgehead atoms. The third-order valence-corrected chi connectivity index (χ3v) is 7.46. The molecule has 0 fully saturated rings. The van der Waals surface area contributed by atoms with Crippen LogP contribution in [0.5, 0.6) is 0 Å². The standard InChI is InChI=1S/C19H19Cl2N3O4S2/c1-4-15(24(30(3,27)28)12-6-7-13(20)14(21)10-12)18(25)22-11-5-8-16-17(9-11)29-19(26)23(16)2/h5-10,15H,4H2,1-3H3,(H,22,25)/t15-/m1/s1. The molecule has 1 heterocycles. The van der Waals surface area contributed by atoms with Gasteiger partial charge < -0.3 is 9.88 Å². The van der Waals surface area contributed by atoms with Crippen molar-refractivity contribution in [3.8, 4) is 0 Å². The lowest BCUT2D eigenvalue weighted by Crippen LogP contribution is -2.47. The van der Waals surface area contributed by atoms with Crippen LogP contribution in [0.25, 0.3) is 10.2 Å². The van der Waals surface area contributed by atoms with Crippen molar-refractivity contribution in [3.63, 3.8) is 0 Å². The quantitative estimate of drug-likeness (QED) is 0.566. The molecule has 3 rings (SSSR count). The number of sulfonamides is 1. The minimum absolute atomic E-state index is 0.109. The molecule has 160 valence electrons. The number of hydrogen-bond acceptors (Lipinski definition) is 5. The van der Waals surface area contributed by atoms with Crippen LogP contribution in [0, 0.1) is 0 Å². The van der Waals surface area contributed by atoms with E-state index in [0.717, 1.165) is 32.1 Å². The van der Waals surface area contributed by atoms with Crippen molar-refractivity contribution in [2.75, 3.05) is 15.9 Å². The van der Waals surface area contributed by atoms with Crippen LogP contribution in [-0.2, 0) is 21.9 Å². The zero-order valence-corrected chi connectivity index (χ0v) is 19.5. The molecule has 1 N–H and O–H groups in total. The highest BCUT2D eigenvalue weighted by Crippen LogP contribution is 2.31. The third kappa shape index (κ3) is 4.49. The Labute approximate surface area is 187 Å². The van der Waals surface area contributed by atoms with Gasteiger partial charge >= 0.3 is 4.87 Å². The first-order chi connectivity index (χ1) is 14.0. The number of aromatic nitrogens is 1. The van der Waals surface area contributed by atoms with E-state index in [1.807, 2.05) is 0 Å². The van der Waals surface area contributed by atoms with E-state index in [9.17, 15) is 18.0 Å². The van der Waals surface area contributed by atoms with E-state index in [-0.39, 0.29) is 27.0 Å². The van der Waals surface area contributed by atoms with E-state index in [1.54, 1.807) is 32.2 Å². The van der Waals surface area contributed by atoms with Gasteiger partial charge in [-0.15, -0.1) is 0 Å². The number of amides is 1. The summed E-state index contributed by atoms with van der Waals surface area (Å²) in [5.74, 6) is -0.503. The molecule has 1 amide bonds. The van der Waals surface area contributed by atoms with Crippen LogP contribution in [0.2, 0.25) is 10.0 Å². The Kier molecular flexibility index (Phi) is 6.47. The van der Waals surface area contributed by atoms with Crippen LogP contribution in [-0.4, -0.2) is 31.2 Å². The maximum Gasteiger partial charge on any atom is 0.307 e. The average Bonchev–Trinajstić information content (AvgIpc) is 2.94. The Balaban J connectivity index is 1.96. The second kappa shape index (κ2) is 8.58. The van der Waals surface area contributed by atoms with Gasteiger partial charge in [-0.1, -0.05) is 41.5 Å². The van der Waals surface area contributed by atoms with Crippen molar-refractivity contribution < 1.29 is 13.2 Å². The summed E-state index contributed by atoms with van der Waals surface area (Å²) in [6, 6.07) is 8.47. The van der Waals surface area contributed by atoms with Crippen molar-refractivity contribution in [1.82, 2.24) is 4.57 Å². The number of carbonyl (C=O) groups is 1. The van der Waals surface area contributed by atoms with Gasteiger partial charge in [-0.25, -0.2) is 8.42 Å². The summed E-state index contributed by atoms with van der Waals surface area (Å²) in [5, 5.41) is 3.22. The highest BCUT2D eigenvalue weighted by atomic mass is 35.5. The molecule has 0 spiro atoms. The number of benzene rings is 2. The SMILES string of the molecule is CC[C@H](C(=O)Nc1ccc2c(c1)sc(=O)n2C)N(c1ccc(Cl)c(Cl)c1)S(C)(=O)=O. The van der Waals surface area contributed by atoms with Crippen molar-refractivity contribution in [2.24, 2.45) is 7.05 Å². The number of fused-ring (bicyclic) bond motifs is 1. The van der Waals surface area contributed by atoms with Crippen LogP contribution in [0.1, 0.15) is 13.3 Å². The smallest absolute Gasteiger partial charge is 0.307 e. The van der Waals surface area contributed by atoms with Crippen LogP contribution >= 0.6 is 34.5 Å². The van der Waals surface area contributed by atoms with Gasteiger partial charge in [-0.05, 0) is 42.8 Å². The van der Waals surface area contributed by atoms with Gasteiger partial charge in [0.1, 0.15) is 6.04 Å². The Morgan fingerprint density at radius 1 is 1.20 bits per heavy atom. The van der Waals surface area contributed by atoms with Crippen molar-refractivity contribution in [1.29, 1.82) is 0 Å². The number of nitrogens with one attached hydrogen (secondary N) is 1. The van der Waals surface area contributed by atoms with Crippen molar-refractivity contribution in [2.45, 2.75) is 19.4 Å². The Bertz CT molecular complexity index is 1280. The number of hydrogen-bond donors (Lipinski definition) is 1. The summed E-state index contributed by atoms with van der Waals surface area (Å²) < 4.78 is 28.3. The summed E-state index contributed by atoms with van der Waals surface area (Å²) in [5.41, 5.74) is 1.46. The summed E-state index contributed by atoms with van der Waals surface area (Å²) in [6.45, 7) is 1.71. The monoisotopic (exact) mass is 487 g/mol. The number of carbonyl (C=O) groups excluding carboxylic acids is 1. The average molecular weight is 488 g/mol. The Morgan fingerprint density at radius 2 is 1.90 bits per heavy atom. The second-order valence-corrected chi connectivity index (χ2v) is 10.3. The Hall–Kier alpha value is -2.07. The molecule has 1 atom stereocenters. The molecule has 3 aromatic rings. The zero-order valence-electron chi connectivity index (χ0n) is 16.3. The number of anilines is 2. The van der Waals surface area contributed by atoms with Crippen LogP contribution in [0.4, 0.5) is 11.4 Å². The molecule has 0 radical (unpaired) electrons. The van der Waals surface area contributed by atoms with Crippen LogP contribution < -0.4 is 14.5 Å². The van der Waals surface area contributed by atoms with E-state index < -0.39 is 22.0 Å². The number of thiazole rings is 1. The maximum absolute atomic E-state index is 13.0. The largest absolute Gasteiger partial charge is 0.324 e. The lowest BCUT2D eigenvalue weighted by Gasteiger charge is -2.30. The second-order valence-electron chi connectivity index (χ2n) is 6.68. The Morgan fingerprint density at radius 3 is 2.50 bits per heavy atom. The first-order valence-corrected chi connectivity index (χ1v) is 12.3. The van der Waals surface area contributed by atoms with E-state index >= 15 is 0 Å². The normalized spacial score (nSPS) is 12.7. The highest BCUT2D eigenvalue weighted by molar-refractivity contribution is 7.92. The molecule has 0 aliphatic heterocycles. The molecular weight excluding hydrogens is 469 g/mol. The predicted molar refractivity (Wildman–Crippen MR) is 124 cm³/mol. The fourth-order valence-electron chi connectivity index (χ4n) is 3.12. The molecule has 2 aromatic carbocycles. The molecule has 0 unspecified atom stereocenters. The number of rotatable bonds is 6. The molecule has 0 saturated heterocycles. The molecule has 0 aliphatic rings. The summed E-state index contributed by atoms with van der Waals surface area (Å²) in [6.07, 6.45) is 1.25. The van der Waals surface area contributed by atoms with Crippen LogP contribution in [0.15, 0.2) is 41.2 Å². The van der Waals surface area contributed by atoms with Gasteiger partial charge in [0.2, 0.25) is 15.9 Å². The van der Waals surface area contributed by atoms with E-state index in [2.05, 4.69) is 5.32 Å². The molecule has 30 heavy (non-hydrogen) atoms. The van der Waals surface area contributed by atoms with Crippen LogP contribution in [0.3, 0.4) is 0 Å². The number of nitrogens with zero attached hydrogens (tertiary/aromatic N) is 2. The summed E-state index contributed by atoms with van der Waals surface area (Å²) in [7, 11) is -2.13. The third-order valence-electron chi connectivity index (χ3n) is 4.55. The summed E-state index contributed by atoms with van der Waals surface area (Å²) >= 11 is 13.1. The molecular formula is C19H19Cl2N3O4S2. The summed E-state index contributed by atoms with van der Waals surface area (Å²) in [4.78, 5) is 24.8. The lowest BCUT2D eigenvalue weighted by molar-refractivity contribution is -0.117. The highest BCUT2D eigenvalue weighted by Gasteiger charge is 2.32. The number of halogens is 2. The minimum Gasteiger partial charge on any atom is -0.324 e. The van der Waals surface area contributed by atoms with Gasteiger partial charge in [0.05, 0.1) is 32.2 Å². The van der Waals surface area contributed by atoms with Gasteiger partial charge in [0.15, 0.2) is 0 Å². The molecule has 0 saturated carbocycles. The van der Waals surface area contributed by atoms with Crippen molar-refractivity contribution >= 4 is 72.1 Å². The molecule has 7 nitrogen and oxygen atoms in total. The first-order valence-electron chi connectivity index (χ1n) is 8.87. The minimum atomic E-state index is -3.80. The van der Waals surface area contributed by atoms with Gasteiger partial charge in [0, 0.05) is 12.7 Å². The number of aryl methyl sites for hydroxylation is 1. The van der Waals surface area contributed by atoms with Gasteiger partial charge in [-0.3, -0.25) is 13.9 Å².